The van der Waals surface area contributed by atoms with E-state index in [0.29, 0.717) is 24.6 Å². The fourth-order valence-corrected chi connectivity index (χ4v) is 3.28. The summed E-state index contributed by atoms with van der Waals surface area (Å²) in [6.45, 7) is 2.92. The molecule has 0 fully saturated rings. The van der Waals surface area contributed by atoms with Crippen LogP contribution in [-0.4, -0.2) is 16.3 Å². The summed E-state index contributed by atoms with van der Waals surface area (Å²) < 4.78 is 28.7. The summed E-state index contributed by atoms with van der Waals surface area (Å²) in [5.74, 6) is -0.734. The molecule has 3 rings (SSSR count). The van der Waals surface area contributed by atoms with E-state index in [1.54, 1.807) is 0 Å². The maximum atomic E-state index is 13.8. The highest BCUT2D eigenvalue weighted by atomic mass is 19.1. The Bertz CT molecular complexity index is 664. The molecule has 0 bridgehead atoms. The minimum atomic E-state index is -0.557. The molecule has 0 saturated heterocycles. The highest BCUT2D eigenvalue weighted by molar-refractivity contribution is 5.33. The Morgan fingerprint density at radius 1 is 1.38 bits per heavy atom. The Hall–Kier alpha value is -1.75. The van der Waals surface area contributed by atoms with Gasteiger partial charge in [-0.25, -0.2) is 8.78 Å². The van der Waals surface area contributed by atoms with E-state index >= 15 is 0 Å². The van der Waals surface area contributed by atoms with Crippen molar-refractivity contribution in [2.24, 2.45) is 5.73 Å². The maximum Gasteiger partial charge on any atom is 0.131 e. The van der Waals surface area contributed by atoms with Gasteiger partial charge in [-0.3, -0.25) is 4.68 Å². The molecule has 1 aromatic heterocycles. The van der Waals surface area contributed by atoms with Gasteiger partial charge in [-0.1, -0.05) is 6.07 Å². The first-order valence-corrected chi connectivity index (χ1v) is 7.30. The van der Waals surface area contributed by atoms with Crippen LogP contribution >= 0.6 is 0 Å². The zero-order valence-electron chi connectivity index (χ0n) is 12.1. The van der Waals surface area contributed by atoms with Gasteiger partial charge in [0.25, 0.3) is 0 Å². The second-order valence-corrected chi connectivity index (χ2v) is 5.66. The van der Waals surface area contributed by atoms with E-state index in [0.717, 1.165) is 36.7 Å². The first-order valence-electron chi connectivity index (χ1n) is 7.30. The molecule has 1 atom stereocenters. The number of fused-ring (bicyclic) bond motifs is 1. The molecule has 112 valence electrons. The molecular weight excluding hydrogens is 272 g/mol. The molecule has 3 nitrogen and oxygen atoms in total. The first-order chi connectivity index (χ1) is 10.1. The number of aryl methyl sites for hydroxylation is 1. The molecule has 1 aliphatic rings. The van der Waals surface area contributed by atoms with E-state index in [1.807, 2.05) is 11.6 Å². The van der Waals surface area contributed by atoms with Gasteiger partial charge in [0, 0.05) is 22.9 Å². The summed E-state index contributed by atoms with van der Waals surface area (Å²) in [5.41, 5.74) is 9.66. The zero-order chi connectivity index (χ0) is 15.0. The predicted molar refractivity (Wildman–Crippen MR) is 77.2 cm³/mol. The van der Waals surface area contributed by atoms with Crippen molar-refractivity contribution in [2.45, 2.75) is 38.6 Å². The first kappa shape index (κ1) is 14.2. The van der Waals surface area contributed by atoms with E-state index in [4.69, 9.17) is 5.73 Å². The van der Waals surface area contributed by atoms with Gasteiger partial charge in [-0.05, 0) is 44.7 Å². The Morgan fingerprint density at radius 3 is 2.90 bits per heavy atom. The molecular formula is C16H19F2N3. The second kappa shape index (κ2) is 5.56. The molecule has 1 unspecified atom stereocenters. The lowest BCUT2D eigenvalue weighted by Gasteiger charge is -2.22. The monoisotopic (exact) mass is 291 g/mol. The molecule has 2 aromatic rings. The van der Waals surface area contributed by atoms with Crippen LogP contribution < -0.4 is 5.73 Å². The lowest BCUT2D eigenvalue weighted by Crippen LogP contribution is -2.19. The molecule has 0 saturated carbocycles. The van der Waals surface area contributed by atoms with Crippen molar-refractivity contribution in [1.29, 1.82) is 0 Å². The van der Waals surface area contributed by atoms with Crippen LogP contribution in [0.1, 0.15) is 41.3 Å². The van der Waals surface area contributed by atoms with Crippen molar-refractivity contribution in [3.8, 4) is 0 Å². The molecule has 0 spiro atoms. The quantitative estimate of drug-likeness (QED) is 0.945. The normalized spacial score (nSPS) is 17.8. The van der Waals surface area contributed by atoms with Crippen LogP contribution in [0.4, 0.5) is 8.78 Å². The number of hydrogen-bond acceptors (Lipinski definition) is 2. The van der Waals surface area contributed by atoms with Crippen LogP contribution in [-0.2, 0) is 13.0 Å². The number of rotatable bonds is 3. The van der Waals surface area contributed by atoms with Gasteiger partial charge in [0.05, 0.1) is 12.2 Å². The maximum absolute atomic E-state index is 13.8. The molecule has 0 radical (unpaired) electrons. The highest BCUT2D eigenvalue weighted by Crippen LogP contribution is 2.33. The van der Waals surface area contributed by atoms with E-state index in [1.165, 1.54) is 17.7 Å². The average Bonchev–Trinajstić information content (AvgIpc) is 2.79. The van der Waals surface area contributed by atoms with Crippen LogP contribution in [0.5, 0.6) is 0 Å². The lowest BCUT2D eigenvalue weighted by atomic mass is 9.85. The summed E-state index contributed by atoms with van der Waals surface area (Å²) in [7, 11) is 0. The molecule has 0 aliphatic heterocycles. The minimum Gasteiger partial charge on any atom is -0.330 e. The average molecular weight is 291 g/mol. The molecule has 2 N–H and O–H groups in total. The summed E-state index contributed by atoms with van der Waals surface area (Å²) >= 11 is 0. The van der Waals surface area contributed by atoms with Crippen molar-refractivity contribution < 1.29 is 8.78 Å². The number of nitrogens with two attached hydrogens (primary N) is 1. The Labute approximate surface area is 122 Å². The van der Waals surface area contributed by atoms with Crippen LogP contribution in [0.25, 0.3) is 0 Å². The van der Waals surface area contributed by atoms with Gasteiger partial charge in [-0.15, -0.1) is 0 Å². The highest BCUT2D eigenvalue weighted by Gasteiger charge is 2.26. The second-order valence-electron chi connectivity index (χ2n) is 5.66. The summed E-state index contributed by atoms with van der Waals surface area (Å²) in [6, 6.07) is 3.68. The molecule has 1 heterocycles. The molecule has 1 aromatic carbocycles. The Morgan fingerprint density at radius 2 is 2.19 bits per heavy atom. The third kappa shape index (κ3) is 2.58. The summed E-state index contributed by atoms with van der Waals surface area (Å²) in [5, 5.41) is 4.55. The fraction of sp³-hybridized carbons (Fsp3) is 0.438. The van der Waals surface area contributed by atoms with Gasteiger partial charge in [0.2, 0.25) is 0 Å². The third-order valence-electron chi connectivity index (χ3n) is 4.28. The van der Waals surface area contributed by atoms with Crippen LogP contribution in [0.3, 0.4) is 0 Å². The number of nitrogens with zero attached hydrogens (tertiary/aromatic N) is 2. The van der Waals surface area contributed by atoms with Gasteiger partial charge in [-0.2, -0.15) is 5.10 Å². The molecule has 1 aliphatic carbocycles. The minimum absolute atomic E-state index is 0.333. The number of benzene rings is 1. The largest absolute Gasteiger partial charge is 0.330 e. The van der Waals surface area contributed by atoms with Gasteiger partial charge in [0.15, 0.2) is 0 Å². The Kier molecular flexibility index (Phi) is 3.76. The topological polar surface area (TPSA) is 43.8 Å². The Balaban J connectivity index is 1.97. The third-order valence-corrected chi connectivity index (χ3v) is 4.28. The molecule has 21 heavy (non-hydrogen) atoms. The van der Waals surface area contributed by atoms with E-state index in [2.05, 4.69) is 5.10 Å². The molecule has 5 heteroatoms. The van der Waals surface area contributed by atoms with E-state index in [9.17, 15) is 8.78 Å². The predicted octanol–water partition coefficient (Wildman–Crippen LogP) is 2.90. The summed E-state index contributed by atoms with van der Waals surface area (Å²) in [6.07, 6.45) is 3.10. The van der Waals surface area contributed by atoms with Gasteiger partial charge < -0.3 is 5.73 Å². The van der Waals surface area contributed by atoms with Gasteiger partial charge in [0.1, 0.15) is 11.6 Å². The smallest absolute Gasteiger partial charge is 0.131 e. The van der Waals surface area contributed by atoms with Crippen molar-refractivity contribution >= 4 is 0 Å². The van der Waals surface area contributed by atoms with Crippen molar-refractivity contribution in [2.75, 3.05) is 6.54 Å². The van der Waals surface area contributed by atoms with E-state index < -0.39 is 11.6 Å². The number of aromatic nitrogens is 2. The van der Waals surface area contributed by atoms with Crippen molar-refractivity contribution in [1.82, 2.24) is 9.78 Å². The van der Waals surface area contributed by atoms with Crippen molar-refractivity contribution in [3.63, 3.8) is 0 Å². The van der Waals surface area contributed by atoms with Crippen LogP contribution in [0, 0.1) is 18.6 Å². The standard InChI is InChI=1S/C16H19F2N3/c1-10-16-11(8-19)3-2-4-15(16)21(20-10)9-12-5-6-13(17)7-14(12)18/h5-7,11H,2-4,8-9,19H2,1H3. The number of halogens is 2. The zero-order valence-corrected chi connectivity index (χ0v) is 12.1. The van der Waals surface area contributed by atoms with Crippen LogP contribution in [0.2, 0.25) is 0 Å². The van der Waals surface area contributed by atoms with Crippen LogP contribution in [0.15, 0.2) is 18.2 Å². The van der Waals surface area contributed by atoms with E-state index in [-0.39, 0.29) is 0 Å². The lowest BCUT2D eigenvalue weighted by molar-refractivity contribution is 0.521. The SMILES string of the molecule is Cc1nn(Cc2ccc(F)cc2F)c2c1C(CN)CCC2. The number of hydrogen-bond donors (Lipinski definition) is 1. The molecule has 0 amide bonds. The van der Waals surface area contributed by atoms with Crippen molar-refractivity contribution in [3.05, 3.63) is 52.3 Å². The van der Waals surface area contributed by atoms with Gasteiger partial charge >= 0.3 is 0 Å². The fourth-order valence-electron chi connectivity index (χ4n) is 3.28. The summed E-state index contributed by atoms with van der Waals surface area (Å²) in [4.78, 5) is 0.